The number of rotatable bonds is 3. The molecule has 1 aromatic rings. The molecule has 0 saturated carbocycles. The summed E-state index contributed by atoms with van der Waals surface area (Å²) < 4.78 is 12.1. The fraction of sp³-hybridized carbons (Fsp3) is 0.533. The maximum Gasteiger partial charge on any atom is 0.494 e. The summed E-state index contributed by atoms with van der Waals surface area (Å²) in [6.07, 6.45) is 0. The number of thioether (sulfide) groups is 1. The van der Waals surface area contributed by atoms with E-state index in [-0.39, 0.29) is 23.5 Å². The lowest BCUT2D eigenvalue weighted by Gasteiger charge is -2.32. The fourth-order valence-corrected chi connectivity index (χ4v) is 2.75. The van der Waals surface area contributed by atoms with Crippen molar-refractivity contribution in [3.8, 4) is 0 Å². The highest BCUT2D eigenvalue weighted by molar-refractivity contribution is 8.13. The minimum absolute atomic E-state index is 0.135. The van der Waals surface area contributed by atoms with Crippen molar-refractivity contribution >= 4 is 29.5 Å². The van der Waals surface area contributed by atoms with Crippen LogP contribution in [0.25, 0.3) is 0 Å². The molecule has 0 unspecified atom stereocenters. The third kappa shape index (κ3) is 3.44. The molecule has 1 aliphatic rings. The van der Waals surface area contributed by atoms with Gasteiger partial charge in [-0.3, -0.25) is 5.41 Å². The van der Waals surface area contributed by atoms with Crippen molar-refractivity contribution in [3.63, 3.8) is 0 Å². The molecule has 0 atom stereocenters. The van der Waals surface area contributed by atoms with Crippen molar-refractivity contribution in [1.82, 2.24) is 0 Å². The summed E-state index contributed by atoms with van der Waals surface area (Å²) >= 11 is 1.33. The van der Waals surface area contributed by atoms with E-state index in [1.165, 1.54) is 17.3 Å². The Bertz CT molecular complexity index is 545. The molecule has 1 aromatic carbocycles. The van der Waals surface area contributed by atoms with E-state index >= 15 is 0 Å². The van der Waals surface area contributed by atoms with Gasteiger partial charge in [0.25, 0.3) is 0 Å². The average molecular weight is 306 g/mol. The van der Waals surface area contributed by atoms with Crippen molar-refractivity contribution in [2.45, 2.75) is 51.6 Å². The first-order chi connectivity index (χ1) is 9.62. The second-order valence-electron chi connectivity index (χ2n) is 6.43. The summed E-state index contributed by atoms with van der Waals surface area (Å²) in [5, 5.41) is 7.46. The predicted molar refractivity (Wildman–Crippen MR) is 90.1 cm³/mol. The van der Waals surface area contributed by atoms with Gasteiger partial charge in [0, 0.05) is 5.75 Å². The lowest BCUT2D eigenvalue weighted by molar-refractivity contribution is 0.00578. The molecule has 1 saturated heterocycles. The van der Waals surface area contributed by atoms with Crippen LogP contribution in [0.5, 0.6) is 0 Å². The van der Waals surface area contributed by atoms with E-state index in [1.54, 1.807) is 0 Å². The number of hydrogen-bond donors (Lipinski definition) is 2. The second-order valence-corrected chi connectivity index (χ2v) is 7.44. The number of nitrogens with two attached hydrogens (primary N) is 1. The summed E-state index contributed by atoms with van der Waals surface area (Å²) in [5.74, 6) is 0.689. The lowest BCUT2D eigenvalue weighted by atomic mass is 9.78. The van der Waals surface area contributed by atoms with Crippen LogP contribution in [0.4, 0.5) is 0 Å². The minimum Gasteiger partial charge on any atom is -0.399 e. The summed E-state index contributed by atoms with van der Waals surface area (Å²) in [5.41, 5.74) is 8.10. The van der Waals surface area contributed by atoms with Crippen LogP contribution in [-0.4, -0.2) is 23.5 Å². The molecule has 0 radical (unpaired) electrons. The van der Waals surface area contributed by atoms with Gasteiger partial charge in [-0.25, -0.2) is 0 Å². The number of hydrogen-bond acceptors (Lipinski definition) is 4. The Kier molecular flexibility index (Phi) is 4.43. The van der Waals surface area contributed by atoms with Gasteiger partial charge in [0.15, 0.2) is 5.17 Å². The van der Waals surface area contributed by atoms with Crippen LogP contribution in [0.1, 0.15) is 38.8 Å². The van der Waals surface area contributed by atoms with E-state index in [0.29, 0.717) is 5.75 Å². The van der Waals surface area contributed by atoms with Crippen LogP contribution in [0.15, 0.2) is 18.2 Å². The fourth-order valence-electron chi connectivity index (χ4n) is 2.13. The van der Waals surface area contributed by atoms with Crippen molar-refractivity contribution < 1.29 is 9.31 Å². The van der Waals surface area contributed by atoms with Gasteiger partial charge in [-0.15, -0.1) is 0 Å². The Morgan fingerprint density at radius 3 is 2.33 bits per heavy atom. The first-order valence-electron chi connectivity index (χ1n) is 7.04. The van der Waals surface area contributed by atoms with Crippen LogP contribution < -0.4 is 11.2 Å². The van der Waals surface area contributed by atoms with Gasteiger partial charge in [0.05, 0.1) is 11.2 Å². The maximum atomic E-state index is 7.33. The van der Waals surface area contributed by atoms with E-state index in [2.05, 4.69) is 19.1 Å². The zero-order valence-corrected chi connectivity index (χ0v) is 14.1. The average Bonchev–Trinajstić information content (AvgIpc) is 2.57. The highest BCUT2D eigenvalue weighted by Gasteiger charge is 2.51. The molecule has 6 heteroatoms. The highest BCUT2D eigenvalue weighted by atomic mass is 32.2. The standard InChI is InChI=1S/C15H23BN2O2S/c1-10-6-7-12(8-11(10)9-21-13(17)18)16-19-14(2,3)15(4,5)20-16/h6-8H,9H2,1-5H3,(H3,17,18). The van der Waals surface area contributed by atoms with Crippen molar-refractivity contribution in [1.29, 1.82) is 5.41 Å². The molecule has 0 aliphatic carbocycles. The summed E-state index contributed by atoms with van der Waals surface area (Å²) in [4.78, 5) is 0. The largest absolute Gasteiger partial charge is 0.494 e. The molecule has 1 aliphatic heterocycles. The van der Waals surface area contributed by atoms with E-state index in [0.717, 1.165) is 11.0 Å². The molecule has 1 heterocycles. The molecule has 0 spiro atoms. The third-order valence-electron chi connectivity index (χ3n) is 4.28. The second kappa shape index (κ2) is 5.67. The van der Waals surface area contributed by atoms with E-state index in [9.17, 15) is 0 Å². The van der Waals surface area contributed by atoms with Crippen molar-refractivity contribution in [2.24, 2.45) is 5.73 Å². The normalized spacial score (nSPS) is 19.8. The van der Waals surface area contributed by atoms with Crippen LogP contribution >= 0.6 is 11.8 Å². The maximum absolute atomic E-state index is 7.33. The van der Waals surface area contributed by atoms with Gasteiger partial charge in [-0.2, -0.15) is 0 Å². The van der Waals surface area contributed by atoms with Gasteiger partial charge in [0.2, 0.25) is 0 Å². The SMILES string of the molecule is Cc1ccc(B2OC(C)(C)C(C)(C)O2)cc1CSC(=N)N. The Morgan fingerprint density at radius 2 is 1.81 bits per heavy atom. The molecule has 21 heavy (non-hydrogen) atoms. The molecular weight excluding hydrogens is 283 g/mol. The van der Waals surface area contributed by atoms with Crippen LogP contribution in [0.2, 0.25) is 0 Å². The Labute approximate surface area is 131 Å². The zero-order chi connectivity index (χ0) is 15.8. The lowest BCUT2D eigenvalue weighted by Crippen LogP contribution is -2.41. The number of amidine groups is 1. The predicted octanol–water partition coefficient (Wildman–Crippen LogP) is 2.42. The monoisotopic (exact) mass is 306 g/mol. The molecule has 0 aromatic heterocycles. The summed E-state index contributed by atoms with van der Waals surface area (Å²) in [6, 6.07) is 6.20. The Morgan fingerprint density at radius 1 is 1.24 bits per heavy atom. The minimum atomic E-state index is -0.350. The van der Waals surface area contributed by atoms with E-state index < -0.39 is 0 Å². The van der Waals surface area contributed by atoms with Gasteiger partial charge in [0.1, 0.15) is 0 Å². The number of aryl methyl sites for hydroxylation is 1. The summed E-state index contributed by atoms with van der Waals surface area (Å²) in [7, 11) is -0.350. The molecule has 1 fully saturated rings. The van der Waals surface area contributed by atoms with Gasteiger partial charge in [-0.1, -0.05) is 30.0 Å². The van der Waals surface area contributed by atoms with Crippen LogP contribution in [0.3, 0.4) is 0 Å². The van der Waals surface area contributed by atoms with Crippen LogP contribution in [-0.2, 0) is 15.1 Å². The van der Waals surface area contributed by atoms with E-state index in [1.807, 2.05) is 33.8 Å². The molecule has 114 valence electrons. The highest BCUT2D eigenvalue weighted by Crippen LogP contribution is 2.36. The third-order valence-corrected chi connectivity index (χ3v) is 5.05. The molecule has 2 rings (SSSR count). The topological polar surface area (TPSA) is 68.3 Å². The quantitative estimate of drug-likeness (QED) is 0.511. The van der Waals surface area contributed by atoms with Gasteiger partial charge >= 0.3 is 7.12 Å². The number of nitrogens with one attached hydrogen (secondary N) is 1. The Balaban J connectivity index is 2.22. The van der Waals surface area contributed by atoms with Crippen molar-refractivity contribution in [3.05, 3.63) is 29.3 Å². The van der Waals surface area contributed by atoms with Crippen LogP contribution in [0, 0.1) is 12.3 Å². The smallest absolute Gasteiger partial charge is 0.399 e. The molecule has 0 bridgehead atoms. The van der Waals surface area contributed by atoms with E-state index in [4.69, 9.17) is 20.5 Å². The zero-order valence-electron chi connectivity index (χ0n) is 13.3. The van der Waals surface area contributed by atoms with Crippen molar-refractivity contribution in [2.75, 3.05) is 0 Å². The molecule has 0 amide bonds. The first-order valence-corrected chi connectivity index (χ1v) is 8.03. The Hall–Kier alpha value is -0.975. The molecule has 3 N–H and O–H groups in total. The van der Waals surface area contributed by atoms with Gasteiger partial charge < -0.3 is 15.0 Å². The molecular formula is C15H23BN2O2S. The molecule has 4 nitrogen and oxygen atoms in total. The van der Waals surface area contributed by atoms with Gasteiger partial charge in [-0.05, 0) is 51.2 Å². The summed E-state index contributed by atoms with van der Waals surface area (Å²) in [6.45, 7) is 10.3. The first kappa shape index (κ1) is 16.4. The number of benzene rings is 1.